The van der Waals surface area contributed by atoms with Gasteiger partial charge in [0.15, 0.2) is 0 Å². The summed E-state index contributed by atoms with van der Waals surface area (Å²) in [6.07, 6.45) is 4.05. The first-order valence-corrected chi connectivity index (χ1v) is 5.41. The second kappa shape index (κ2) is 4.17. The van der Waals surface area contributed by atoms with Crippen molar-refractivity contribution in [1.29, 1.82) is 0 Å². The third-order valence-corrected chi connectivity index (χ3v) is 2.80. The molecule has 5 heteroatoms. The lowest BCUT2D eigenvalue weighted by Gasteiger charge is -2.23. The maximum atomic E-state index is 11.9. The standard InChI is InChI=1S/C11H16N4O/c1-8-5-14-9(6-13-8)10(16)15-11(2)3-4-12-7-11/h5-6,12H,3-4,7H2,1-2H3,(H,15,16). The molecular weight excluding hydrogens is 204 g/mol. The fourth-order valence-electron chi connectivity index (χ4n) is 1.77. The Morgan fingerprint density at radius 3 is 2.88 bits per heavy atom. The molecule has 0 bridgehead atoms. The monoisotopic (exact) mass is 220 g/mol. The molecule has 1 unspecified atom stereocenters. The number of aryl methyl sites for hydroxylation is 1. The number of rotatable bonds is 2. The predicted molar refractivity (Wildman–Crippen MR) is 60.1 cm³/mol. The molecule has 2 heterocycles. The fourth-order valence-corrected chi connectivity index (χ4v) is 1.77. The van der Waals surface area contributed by atoms with Crippen LogP contribution >= 0.6 is 0 Å². The molecule has 0 radical (unpaired) electrons. The van der Waals surface area contributed by atoms with Crippen LogP contribution in [0.15, 0.2) is 12.4 Å². The van der Waals surface area contributed by atoms with Crippen LogP contribution in [0.3, 0.4) is 0 Å². The summed E-state index contributed by atoms with van der Waals surface area (Å²) < 4.78 is 0. The van der Waals surface area contributed by atoms with Gasteiger partial charge in [0.25, 0.3) is 5.91 Å². The summed E-state index contributed by atoms with van der Waals surface area (Å²) in [7, 11) is 0. The molecule has 1 aliphatic heterocycles. The molecule has 1 aromatic heterocycles. The van der Waals surface area contributed by atoms with E-state index in [1.165, 1.54) is 6.20 Å². The second-order valence-electron chi connectivity index (χ2n) is 4.48. The van der Waals surface area contributed by atoms with Crippen molar-refractivity contribution in [2.24, 2.45) is 0 Å². The highest BCUT2D eigenvalue weighted by Crippen LogP contribution is 2.13. The Morgan fingerprint density at radius 2 is 2.31 bits per heavy atom. The molecule has 0 aromatic carbocycles. The van der Waals surface area contributed by atoms with E-state index >= 15 is 0 Å². The molecule has 1 aromatic rings. The third kappa shape index (κ3) is 2.36. The highest BCUT2D eigenvalue weighted by molar-refractivity contribution is 5.92. The molecule has 1 amide bonds. The van der Waals surface area contributed by atoms with Crippen molar-refractivity contribution in [2.45, 2.75) is 25.8 Å². The minimum absolute atomic E-state index is 0.154. The van der Waals surface area contributed by atoms with Crippen LogP contribution in [0.4, 0.5) is 0 Å². The van der Waals surface area contributed by atoms with E-state index < -0.39 is 0 Å². The van der Waals surface area contributed by atoms with Crippen LogP contribution in [0, 0.1) is 6.92 Å². The summed E-state index contributed by atoms with van der Waals surface area (Å²) in [5.74, 6) is -0.154. The number of nitrogens with one attached hydrogen (secondary N) is 2. The lowest BCUT2D eigenvalue weighted by atomic mass is 10.0. The van der Waals surface area contributed by atoms with Gasteiger partial charge in [-0.2, -0.15) is 0 Å². The number of amides is 1. The molecule has 86 valence electrons. The molecule has 0 saturated carbocycles. The SMILES string of the molecule is Cc1cnc(C(=O)NC2(C)CCNC2)cn1. The van der Waals surface area contributed by atoms with Crippen LogP contribution in [0.25, 0.3) is 0 Å². The summed E-state index contributed by atoms with van der Waals surface area (Å²) in [6, 6.07) is 0. The number of carbonyl (C=O) groups is 1. The average molecular weight is 220 g/mol. The molecule has 0 spiro atoms. The Bertz CT molecular complexity index is 381. The van der Waals surface area contributed by atoms with Crippen LogP contribution in [0.2, 0.25) is 0 Å². The third-order valence-electron chi connectivity index (χ3n) is 2.80. The molecule has 2 N–H and O–H groups in total. The van der Waals surface area contributed by atoms with E-state index in [0.717, 1.165) is 25.2 Å². The Labute approximate surface area is 94.7 Å². The molecule has 1 aliphatic rings. The molecule has 0 aliphatic carbocycles. The van der Waals surface area contributed by atoms with Crippen LogP contribution in [-0.4, -0.2) is 34.5 Å². The number of aromatic nitrogens is 2. The number of hydrogen-bond donors (Lipinski definition) is 2. The van der Waals surface area contributed by atoms with Crippen LogP contribution in [0.5, 0.6) is 0 Å². The van der Waals surface area contributed by atoms with Gasteiger partial charge in [-0.1, -0.05) is 0 Å². The summed E-state index contributed by atoms with van der Waals surface area (Å²) in [5, 5.41) is 6.22. The molecule has 2 rings (SSSR count). The Hall–Kier alpha value is -1.49. The van der Waals surface area contributed by atoms with E-state index in [-0.39, 0.29) is 11.4 Å². The van der Waals surface area contributed by atoms with Crippen molar-refractivity contribution in [3.63, 3.8) is 0 Å². The van der Waals surface area contributed by atoms with Gasteiger partial charge in [-0.05, 0) is 26.8 Å². The first kappa shape index (κ1) is 11.0. The minimum atomic E-state index is -0.163. The van der Waals surface area contributed by atoms with E-state index in [0.29, 0.717) is 5.69 Å². The molecule has 16 heavy (non-hydrogen) atoms. The van der Waals surface area contributed by atoms with Crippen LogP contribution < -0.4 is 10.6 Å². The zero-order valence-electron chi connectivity index (χ0n) is 9.58. The number of carbonyl (C=O) groups excluding carboxylic acids is 1. The lowest BCUT2D eigenvalue weighted by molar-refractivity contribution is 0.0907. The summed E-state index contributed by atoms with van der Waals surface area (Å²) >= 11 is 0. The quantitative estimate of drug-likeness (QED) is 0.750. The average Bonchev–Trinajstić information content (AvgIpc) is 2.65. The predicted octanol–water partition coefficient (Wildman–Crippen LogP) is 0.267. The van der Waals surface area contributed by atoms with E-state index in [1.807, 2.05) is 13.8 Å². The van der Waals surface area contributed by atoms with E-state index in [2.05, 4.69) is 20.6 Å². The Kier molecular flexibility index (Phi) is 2.87. The summed E-state index contributed by atoms with van der Waals surface area (Å²) in [4.78, 5) is 20.0. The largest absolute Gasteiger partial charge is 0.344 e. The van der Waals surface area contributed by atoms with Crippen molar-refractivity contribution in [2.75, 3.05) is 13.1 Å². The first-order valence-electron chi connectivity index (χ1n) is 5.41. The Morgan fingerprint density at radius 1 is 1.50 bits per heavy atom. The topological polar surface area (TPSA) is 66.9 Å². The van der Waals surface area contributed by atoms with Gasteiger partial charge < -0.3 is 10.6 Å². The van der Waals surface area contributed by atoms with Crippen LogP contribution in [-0.2, 0) is 0 Å². The van der Waals surface area contributed by atoms with Crippen molar-refractivity contribution >= 4 is 5.91 Å². The van der Waals surface area contributed by atoms with Gasteiger partial charge in [-0.15, -0.1) is 0 Å². The fraction of sp³-hybridized carbons (Fsp3) is 0.545. The normalized spacial score (nSPS) is 24.4. The van der Waals surface area contributed by atoms with Gasteiger partial charge >= 0.3 is 0 Å². The van der Waals surface area contributed by atoms with Crippen molar-refractivity contribution in [3.8, 4) is 0 Å². The second-order valence-corrected chi connectivity index (χ2v) is 4.48. The molecule has 1 saturated heterocycles. The van der Waals surface area contributed by atoms with Gasteiger partial charge in [-0.3, -0.25) is 9.78 Å². The maximum absolute atomic E-state index is 11.9. The van der Waals surface area contributed by atoms with E-state index in [4.69, 9.17) is 0 Å². The molecule has 1 atom stereocenters. The minimum Gasteiger partial charge on any atom is -0.344 e. The van der Waals surface area contributed by atoms with Gasteiger partial charge in [0, 0.05) is 12.7 Å². The van der Waals surface area contributed by atoms with Gasteiger partial charge in [0.1, 0.15) is 5.69 Å². The number of nitrogens with zero attached hydrogens (tertiary/aromatic N) is 2. The molecule has 1 fully saturated rings. The van der Waals surface area contributed by atoms with E-state index in [9.17, 15) is 4.79 Å². The number of hydrogen-bond acceptors (Lipinski definition) is 4. The highest BCUT2D eigenvalue weighted by Gasteiger charge is 2.30. The van der Waals surface area contributed by atoms with Gasteiger partial charge in [0.05, 0.1) is 17.4 Å². The van der Waals surface area contributed by atoms with Gasteiger partial charge in [-0.25, -0.2) is 4.98 Å². The zero-order valence-corrected chi connectivity index (χ0v) is 9.58. The summed E-state index contributed by atoms with van der Waals surface area (Å²) in [6.45, 7) is 5.62. The van der Waals surface area contributed by atoms with Gasteiger partial charge in [0.2, 0.25) is 0 Å². The van der Waals surface area contributed by atoms with Crippen LogP contribution in [0.1, 0.15) is 29.5 Å². The molecular formula is C11H16N4O. The first-order chi connectivity index (χ1) is 7.59. The summed E-state index contributed by atoms with van der Waals surface area (Å²) in [5.41, 5.74) is 1.02. The van der Waals surface area contributed by atoms with Crippen molar-refractivity contribution in [3.05, 3.63) is 23.8 Å². The maximum Gasteiger partial charge on any atom is 0.271 e. The Balaban J connectivity index is 2.05. The highest BCUT2D eigenvalue weighted by atomic mass is 16.2. The zero-order chi connectivity index (χ0) is 11.6. The molecule has 5 nitrogen and oxygen atoms in total. The lowest BCUT2D eigenvalue weighted by Crippen LogP contribution is -2.47. The van der Waals surface area contributed by atoms with Crippen molar-refractivity contribution in [1.82, 2.24) is 20.6 Å². The smallest absolute Gasteiger partial charge is 0.271 e. The van der Waals surface area contributed by atoms with Crippen molar-refractivity contribution < 1.29 is 4.79 Å². The van der Waals surface area contributed by atoms with E-state index in [1.54, 1.807) is 6.20 Å².